The summed E-state index contributed by atoms with van der Waals surface area (Å²) in [6, 6.07) is 3.47. The lowest BCUT2D eigenvalue weighted by Gasteiger charge is -2.00. The van der Waals surface area contributed by atoms with E-state index < -0.39 is 0 Å². The highest BCUT2D eigenvalue weighted by atomic mass is 79.9. The minimum Gasteiger partial charge on any atom is -0.446 e. The third-order valence-corrected chi connectivity index (χ3v) is 3.06. The Morgan fingerprint density at radius 1 is 1.27 bits per heavy atom. The zero-order chi connectivity index (χ0) is 10.7. The highest BCUT2D eigenvalue weighted by Gasteiger charge is 2.16. The molecule has 1 aliphatic carbocycles. The summed E-state index contributed by atoms with van der Waals surface area (Å²) in [5.41, 5.74) is 0.911. The van der Waals surface area contributed by atoms with Gasteiger partial charge in [0.1, 0.15) is 0 Å². The van der Waals surface area contributed by atoms with Gasteiger partial charge in [-0.3, -0.25) is 4.79 Å². The van der Waals surface area contributed by atoms with Crippen molar-refractivity contribution < 1.29 is 9.21 Å². The van der Waals surface area contributed by atoms with E-state index in [-0.39, 0.29) is 5.78 Å². The van der Waals surface area contributed by atoms with Gasteiger partial charge < -0.3 is 4.42 Å². The van der Waals surface area contributed by atoms with Gasteiger partial charge in [0.15, 0.2) is 10.4 Å². The van der Waals surface area contributed by atoms with Crippen molar-refractivity contribution >= 4 is 21.7 Å². The van der Waals surface area contributed by atoms with Gasteiger partial charge in [-0.1, -0.05) is 12.5 Å². The van der Waals surface area contributed by atoms with Crippen LogP contribution < -0.4 is 0 Å². The van der Waals surface area contributed by atoms with Crippen molar-refractivity contribution in [2.75, 3.05) is 0 Å². The minimum atomic E-state index is 0.0441. The zero-order valence-electron chi connectivity index (χ0n) is 8.46. The second-order valence-corrected chi connectivity index (χ2v) is 4.54. The Kier molecular flexibility index (Phi) is 3.41. The van der Waals surface area contributed by atoms with Crippen molar-refractivity contribution in [2.45, 2.75) is 32.1 Å². The van der Waals surface area contributed by atoms with Crippen LogP contribution in [0.15, 0.2) is 32.9 Å². The van der Waals surface area contributed by atoms with E-state index in [4.69, 9.17) is 4.42 Å². The van der Waals surface area contributed by atoms with E-state index in [2.05, 4.69) is 22.0 Å². The van der Waals surface area contributed by atoms with Gasteiger partial charge in [0.2, 0.25) is 5.78 Å². The molecular formula is C12H13BrO2. The number of carbonyl (C=O) groups is 1. The molecule has 80 valence electrons. The number of allylic oxidation sites excluding steroid dienone is 2. The molecule has 0 spiro atoms. The summed E-state index contributed by atoms with van der Waals surface area (Å²) in [6.45, 7) is 0. The maximum Gasteiger partial charge on any atom is 0.223 e. The molecule has 0 unspecified atom stereocenters. The van der Waals surface area contributed by atoms with Crippen LogP contribution in [0.25, 0.3) is 0 Å². The summed E-state index contributed by atoms with van der Waals surface area (Å²) in [6.07, 6.45) is 7.49. The molecule has 0 atom stereocenters. The van der Waals surface area contributed by atoms with Crippen LogP contribution in [0.3, 0.4) is 0 Å². The van der Waals surface area contributed by atoms with E-state index >= 15 is 0 Å². The first kappa shape index (κ1) is 10.7. The fourth-order valence-corrected chi connectivity index (χ4v) is 2.12. The summed E-state index contributed by atoms with van der Waals surface area (Å²) in [7, 11) is 0. The molecule has 0 bridgehead atoms. The second-order valence-electron chi connectivity index (χ2n) is 3.76. The number of Topliss-reactive ketones (excluding diaryl/α,β-unsaturated/α-hetero) is 1. The van der Waals surface area contributed by atoms with Crippen molar-refractivity contribution in [1.82, 2.24) is 0 Å². The molecule has 1 aromatic heterocycles. The Hall–Kier alpha value is -0.830. The summed E-state index contributed by atoms with van der Waals surface area (Å²) >= 11 is 3.20. The fourth-order valence-electron chi connectivity index (χ4n) is 1.82. The van der Waals surface area contributed by atoms with E-state index in [1.165, 1.54) is 12.8 Å². The Balaban J connectivity index is 2.16. The predicted octanol–water partition coefficient (Wildman–Crippen LogP) is 4.12. The maximum absolute atomic E-state index is 12.0. The van der Waals surface area contributed by atoms with Crippen molar-refractivity contribution in [3.05, 3.63) is 34.2 Å². The van der Waals surface area contributed by atoms with Crippen LogP contribution in [0.4, 0.5) is 0 Å². The first-order chi connectivity index (χ1) is 7.27. The van der Waals surface area contributed by atoms with Gasteiger partial charge in [-0.25, -0.2) is 0 Å². The molecule has 2 nitrogen and oxygen atoms in total. The van der Waals surface area contributed by atoms with E-state index in [0.717, 1.165) is 24.8 Å². The Labute approximate surface area is 97.5 Å². The number of ketones is 1. The standard InChI is InChI=1S/C12H13BrO2/c13-11-8-7-10(15-11)12(14)9-5-3-1-2-4-6-9/h5,7-8H,1-4,6H2. The summed E-state index contributed by atoms with van der Waals surface area (Å²) in [5, 5.41) is 0. The highest BCUT2D eigenvalue weighted by molar-refractivity contribution is 9.10. The number of rotatable bonds is 2. The Morgan fingerprint density at radius 2 is 2.13 bits per heavy atom. The van der Waals surface area contributed by atoms with Crippen LogP contribution in [-0.4, -0.2) is 5.78 Å². The van der Waals surface area contributed by atoms with E-state index in [0.29, 0.717) is 10.4 Å². The molecule has 1 aromatic rings. The molecule has 0 amide bonds. The summed E-state index contributed by atoms with van der Waals surface area (Å²) < 4.78 is 5.88. The van der Waals surface area contributed by atoms with Crippen molar-refractivity contribution in [2.24, 2.45) is 0 Å². The number of carbonyl (C=O) groups excluding carboxylic acids is 1. The fraction of sp³-hybridized carbons (Fsp3) is 0.417. The molecule has 0 N–H and O–H groups in total. The van der Waals surface area contributed by atoms with Crippen LogP contribution in [0, 0.1) is 0 Å². The Bertz CT molecular complexity index is 390. The molecule has 0 saturated heterocycles. The van der Waals surface area contributed by atoms with E-state index in [9.17, 15) is 4.79 Å². The summed E-state index contributed by atoms with van der Waals surface area (Å²) in [4.78, 5) is 12.0. The third kappa shape index (κ3) is 2.59. The topological polar surface area (TPSA) is 30.2 Å². The minimum absolute atomic E-state index is 0.0441. The van der Waals surface area contributed by atoms with Crippen LogP contribution in [-0.2, 0) is 0 Å². The van der Waals surface area contributed by atoms with Gasteiger partial charge in [0.05, 0.1) is 0 Å². The van der Waals surface area contributed by atoms with Gasteiger partial charge in [-0.15, -0.1) is 0 Å². The van der Waals surface area contributed by atoms with Crippen LogP contribution in [0.2, 0.25) is 0 Å². The smallest absolute Gasteiger partial charge is 0.223 e. The molecule has 1 heterocycles. The third-order valence-electron chi connectivity index (χ3n) is 2.63. The molecule has 2 rings (SSSR count). The average molecular weight is 269 g/mol. The summed E-state index contributed by atoms with van der Waals surface area (Å²) in [5.74, 6) is 0.484. The monoisotopic (exact) mass is 268 g/mol. The van der Waals surface area contributed by atoms with Gasteiger partial charge in [0.25, 0.3) is 0 Å². The molecule has 0 aliphatic heterocycles. The second kappa shape index (κ2) is 4.79. The number of hydrogen-bond acceptors (Lipinski definition) is 2. The maximum atomic E-state index is 12.0. The average Bonchev–Trinajstić information content (AvgIpc) is 2.53. The lowest BCUT2D eigenvalue weighted by atomic mass is 10.0. The van der Waals surface area contributed by atoms with Gasteiger partial charge in [0, 0.05) is 0 Å². The Morgan fingerprint density at radius 3 is 2.87 bits per heavy atom. The van der Waals surface area contributed by atoms with Gasteiger partial charge >= 0.3 is 0 Å². The quantitative estimate of drug-likeness (QED) is 0.756. The number of hydrogen-bond donors (Lipinski definition) is 0. The van der Waals surface area contributed by atoms with E-state index in [1.54, 1.807) is 12.1 Å². The first-order valence-corrected chi connectivity index (χ1v) is 6.06. The largest absolute Gasteiger partial charge is 0.446 e. The number of furan rings is 1. The van der Waals surface area contributed by atoms with Crippen molar-refractivity contribution in [3.8, 4) is 0 Å². The predicted molar refractivity (Wildman–Crippen MR) is 61.9 cm³/mol. The SMILES string of the molecule is O=C(C1=CCCCCC1)c1ccc(Br)o1. The van der Waals surface area contributed by atoms with Gasteiger partial charge in [-0.05, 0) is 59.3 Å². The van der Waals surface area contributed by atoms with Crippen LogP contribution in [0.1, 0.15) is 42.7 Å². The molecule has 0 radical (unpaired) electrons. The molecule has 0 aromatic carbocycles. The molecule has 0 fully saturated rings. The van der Waals surface area contributed by atoms with E-state index in [1.807, 2.05) is 0 Å². The normalized spacial score (nSPS) is 17.0. The molecular weight excluding hydrogens is 256 g/mol. The molecule has 0 saturated carbocycles. The van der Waals surface area contributed by atoms with Crippen molar-refractivity contribution in [1.29, 1.82) is 0 Å². The molecule has 15 heavy (non-hydrogen) atoms. The lowest BCUT2D eigenvalue weighted by Crippen LogP contribution is -2.01. The highest BCUT2D eigenvalue weighted by Crippen LogP contribution is 2.23. The molecule has 3 heteroatoms. The van der Waals surface area contributed by atoms with Gasteiger partial charge in [-0.2, -0.15) is 0 Å². The van der Waals surface area contributed by atoms with Crippen LogP contribution >= 0.6 is 15.9 Å². The zero-order valence-corrected chi connectivity index (χ0v) is 10.0. The number of halogens is 1. The van der Waals surface area contributed by atoms with Crippen LogP contribution in [0.5, 0.6) is 0 Å². The first-order valence-electron chi connectivity index (χ1n) is 5.26. The van der Waals surface area contributed by atoms with Crippen molar-refractivity contribution in [3.63, 3.8) is 0 Å². The molecule has 1 aliphatic rings. The lowest BCUT2D eigenvalue weighted by molar-refractivity contribution is 0.0999.